The number of allylic oxidation sites excluding steroid dienone is 2. The van der Waals surface area contributed by atoms with E-state index in [0.717, 1.165) is 5.57 Å². The van der Waals surface area contributed by atoms with Gasteiger partial charge in [0.15, 0.2) is 18.9 Å². The van der Waals surface area contributed by atoms with Crippen LogP contribution in [0.5, 0.6) is 0 Å². The Labute approximate surface area is 393 Å². The molecule has 19 heteroatoms. The van der Waals surface area contributed by atoms with Gasteiger partial charge >= 0.3 is 0 Å². The monoisotopic (exact) mass is 963 g/mol. The number of hydrogen-bond donors (Lipinski definition) is 13. The van der Waals surface area contributed by atoms with Gasteiger partial charge in [-0.25, -0.2) is 0 Å². The first-order valence-corrected chi connectivity index (χ1v) is 24.5. The van der Waals surface area contributed by atoms with Crippen molar-refractivity contribution < 1.29 is 94.8 Å². The van der Waals surface area contributed by atoms with Gasteiger partial charge < -0.3 is 94.8 Å². The molecule has 19 nitrogen and oxygen atoms in total. The first-order chi connectivity index (χ1) is 31.3. The molecule has 0 bridgehead atoms. The lowest BCUT2D eigenvalue weighted by Crippen LogP contribution is -2.71. The van der Waals surface area contributed by atoms with Crippen molar-refractivity contribution in [3.63, 3.8) is 0 Å². The zero-order valence-corrected chi connectivity index (χ0v) is 40.3. The second-order valence-electron chi connectivity index (χ2n) is 23.1. The van der Waals surface area contributed by atoms with Crippen LogP contribution >= 0.6 is 0 Å². The Morgan fingerprint density at radius 2 is 1.18 bits per heavy atom. The van der Waals surface area contributed by atoms with Gasteiger partial charge in [-0.15, -0.1) is 0 Å². The van der Waals surface area contributed by atoms with Gasteiger partial charge in [0.2, 0.25) is 0 Å². The third-order valence-electron chi connectivity index (χ3n) is 18.7. The lowest BCUT2D eigenvalue weighted by atomic mass is 9.34. The molecule has 3 heterocycles. The molecular weight excluding hydrogens is 881 g/mol. The van der Waals surface area contributed by atoms with E-state index in [-0.39, 0.29) is 17.8 Å². The van der Waals surface area contributed by atoms with Crippen molar-refractivity contribution in [2.24, 2.45) is 45.3 Å². The summed E-state index contributed by atoms with van der Waals surface area (Å²) in [6, 6.07) is 0. The fourth-order valence-electron chi connectivity index (χ4n) is 14.9. The van der Waals surface area contributed by atoms with Gasteiger partial charge in [-0.3, -0.25) is 0 Å². The van der Waals surface area contributed by atoms with Crippen LogP contribution in [0.4, 0.5) is 0 Å². The van der Waals surface area contributed by atoms with Crippen molar-refractivity contribution in [1.82, 2.24) is 0 Å². The normalized spacial score (nSPS) is 52.9. The smallest absolute Gasteiger partial charge is 0.187 e. The zero-order chi connectivity index (χ0) is 49.5. The third-order valence-corrected chi connectivity index (χ3v) is 18.7. The summed E-state index contributed by atoms with van der Waals surface area (Å²) >= 11 is 0. The van der Waals surface area contributed by atoms with Gasteiger partial charge in [-0.05, 0) is 117 Å². The molecule has 7 rings (SSSR count). The Hall–Kier alpha value is -1.02. The highest BCUT2D eigenvalue weighted by atomic mass is 16.8. The van der Waals surface area contributed by atoms with E-state index in [1.807, 2.05) is 34.6 Å². The Bertz CT molecular complexity index is 1710. The zero-order valence-electron chi connectivity index (χ0n) is 40.3. The minimum Gasteiger partial charge on any atom is -0.394 e. The first kappa shape index (κ1) is 53.8. The molecule has 0 aromatic carbocycles. The van der Waals surface area contributed by atoms with Crippen LogP contribution in [0.3, 0.4) is 0 Å². The predicted molar refractivity (Wildman–Crippen MR) is 235 cm³/mol. The fraction of sp³-hybridized carbons (Fsp3) is 0.958. The van der Waals surface area contributed by atoms with Crippen LogP contribution in [0.25, 0.3) is 0 Å². The Kier molecular flexibility index (Phi) is 15.9. The topological polar surface area (TPSA) is 318 Å². The molecule has 0 radical (unpaired) electrons. The summed E-state index contributed by atoms with van der Waals surface area (Å²) in [6.07, 6.45) is -20.0. The maximum atomic E-state index is 12.7. The summed E-state index contributed by atoms with van der Waals surface area (Å²) < 4.78 is 37.9. The van der Waals surface area contributed by atoms with Crippen molar-refractivity contribution in [3.05, 3.63) is 11.6 Å². The molecular formula is C48H82O19. The molecule has 7 aliphatic rings. The molecule has 0 spiro atoms. The summed E-state index contributed by atoms with van der Waals surface area (Å²) in [5.41, 5.74) is -2.56. The maximum Gasteiger partial charge on any atom is 0.187 e. The average Bonchev–Trinajstić information content (AvgIpc) is 3.66. The van der Waals surface area contributed by atoms with E-state index in [9.17, 15) is 66.4 Å². The number of fused-ring (bicyclic) bond motifs is 5. The van der Waals surface area contributed by atoms with Gasteiger partial charge in [0.05, 0.1) is 43.7 Å². The Balaban J connectivity index is 1.27. The fourth-order valence-corrected chi connectivity index (χ4v) is 14.9. The molecule has 0 aromatic rings. The highest BCUT2D eigenvalue weighted by Gasteiger charge is 2.74. The molecule has 4 saturated carbocycles. The van der Waals surface area contributed by atoms with Crippen LogP contribution in [0, 0.1) is 45.3 Å². The number of hydrogen-bond acceptors (Lipinski definition) is 19. The molecule has 4 aliphatic carbocycles. The van der Waals surface area contributed by atoms with Gasteiger partial charge in [-0.2, -0.15) is 0 Å². The molecule has 3 saturated heterocycles. The summed E-state index contributed by atoms with van der Waals surface area (Å²) in [6.45, 7) is 14.4. The summed E-state index contributed by atoms with van der Waals surface area (Å²) in [5.74, 6) is -1.22. The highest BCUT2D eigenvalue weighted by Crippen LogP contribution is 2.76. The van der Waals surface area contributed by atoms with Crippen LogP contribution in [0.1, 0.15) is 107 Å². The minimum absolute atomic E-state index is 0.110. The maximum absolute atomic E-state index is 12.7. The highest BCUT2D eigenvalue weighted by molar-refractivity contribution is 5.22. The summed E-state index contributed by atoms with van der Waals surface area (Å²) in [4.78, 5) is 0. The third kappa shape index (κ3) is 9.03. The van der Waals surface area contributed by atoms with Gasteiger partial charge in [-0.1, -0.05) is 46.3 Å². The lowest BCUT2D eigenvalue weighted by Gasteiger charge is -2.72. The predicted octanol–water partition coefficient (Wildman–Crippen LogP) is -1.06. The van der Waals surface area contributed by atoms with E-state index in [1.165, 1.54) is 0 Å². The number of rotatable bonds is 13. The van der Waals surface area contributed by atoms with Crippen molar-refractivity contribution in [2.45, 2.75) is 223 Å². The van der Waals surface area contributed by atoms with E-state index in [2.05, 4.69) is 26.8 Å². The lowest BCUT2D eigenvalue weighted by molar-refractivity contribution is -0.383. The quantitative estimate of drug-likeness (QED) is 0.0773. The van der Waals surface area contributed by atoms with E-state index in [1.54, 1.807) is 0 Å². The minimum atomic E-state index is -1.86. The van der Waals surface area contributed by atoms with Gasteiger partial charge in [0.1, 0.15) is 73.2 Å². The SMILES string of the molecule is CC(C)=CCC[C@](C)(OC1OC(CO)C(O)C(O)C1O)C1CC[C@]2(C)C1C(O)CC1[C@@]3(C)CCC(O)C(C)(C)C3C(OC3OC(CO)C(O)C(O)C3OC3OC(CO)C(O)C(O)C3O)C[C@]12C. The van der Waals surface area contributed by atoms with Gasteiger partial charge in [0.25, 0.3) is 0 Å². The average molecular weight is 963 g/mol. The van der Waals surface area contributed by atoms with Gasteiger partial charge in [0, 0.05) is 0 Å². The van der Waals surface area contributed by atoms with E-state index in [0.29, 0.717) is 51.4 Å². The van der Waals surface area contributed by atoms with Crippen molar-refractivity contribution in [1.29, 1.82) is 0 Å². The largest absolute Gasteiger partial charge is 0.394 e. The molecule has 67 heavy (non-hydrogen) atoms. The Morgan fingerprint density at radius 1 is 0.642 bits per heavy atom. The summed E-state index contributed by atoms with van der Waals surface area (Å²) in [5, 5.41) is 142. The molecule has 0 amide bonds. The van der Waals surface area contributed by atoms with Crippen molar-refractivity contribution in [3.8, 4) is 0 Å². The molecule has 22 unspecified atom stereocenters. The second kappa shape index (κ2) is 19.8. The van der Waals surface area contributed by atoms with E-state index < -0.39 is 163 Å². The van der Waals surface area contributed by atoms with Crippen LogP contribution in [0.2, 0.25) is 0 Å². The number of ether oxygens (including phenoxy) is 6. The summed E-state index contributed by atoms with van der Waals surface area (Å²) in [7, 11) is 0. The molecule has 388 valence electrons. The van der Waals surface area contributed by atoms with E-state index in [4.69, 9.17) is 28.4 Å². The van der Waals surface area contributed by atoms with Crippen LogP contribution < -0.4 is 0 Å². The molecule has 13 N–H and O–H groups in total. The molecule has 0 aromatic heterocycles. The standard InChI is InChI=1S/C48H82O19/c1-21(2)10-9-13-48(8,67-42-38(61)35(58)32(55)26(19-50)64-42)22-11-15-46(6)30(22)23(52)16-28-45(5)14-12-29(53)44(3,4)40(45)24(17-47(28,46)7)62-43-39(36(59)33(56)27(20-51)65-43)66-41-37(60)34(57)31(54)25(18-49)63-41/h10,22-43,49-61H,9,11-20H2,1-8H3/t22?,23?,24?,25?,26?,27?,28?,29?,30?,31?,32?,33?,34?,35?,36?,37?,38?,39?,40?,41?,42?,43?,45-,46-,47-,48+/m1/s1. The molecule has 26 atom stereocenters. The van der Waals surface area contributed by atoms with E-state index >= 15 is 0 Å². The second-order valence-corrected chi connectivity index (χ2v) is 23.1. The number of aliphatic hydroxyl groups excluding tert-OH is 13. The van der Waals surface area contributed by atoms with Crippen LogP contribution in [-0.2, 0) is 28.4 Å². The van der Waals surface area contributed by atoms with Crippen molar-refractivity contribution >= 4 is 0 Å². The first-order valence-electron chi connectivity index (χ1n) is 24.5. The van der Waals surface area contributed by atoms with Crippen molar-refractivity contribution in [2.75, 3.05) is 19.8 Å². The molecule has 7 fully saturated rings. The number of aliphatic hydroxyl groups is 13. The Morgan fingerprint density at radius 3 is 1.75 bits per heavy atom. The van der Waals surface area contributed by atoms with Crippen LogP contribution in [0.15, 0.2) is 11.6 Å². The van der Waals surface area contributed by atoms with Crippen LogP contribution in [-0.4, -0.2) is 202 Å². The molecule has 3 aliphatic heterocycles.